The quantitative estimate of drug-likeness (QED) is 0.897. The lowest BCUT2D eigenvalue weighted by Crippen LogP contribution is -2.27. The van der Waals surface area contributed by atoms with E-state index in [4.69, 9.17) is 0 Å². The molecular weight excluding hydrogens is 248 g/mol. The van der Waals surface area contributed by atoms with Crippen molar-refractivity contribution in [2.45, 2.75) is 53.6 Å². The van der Waals surface area contributed by atoms with E-state index in [-0.39, 0.29) is 6.61 Å². The van der Waals surface area contributed by atoms with Crippen molar-refractivity contribution >= 4 is 5.69 Å². The fourth-order valence-electron chi connectivity index (χ4n) is 3.19. The van der Waals surface area contributed by atoms with Gasteiger partial charge in [0.2, 0.25) is 0 Å². The molecule has 1 unspecified atom stereocenters. The molecule has 3 nitrogen and oxygen atoms in total. The summed E-state index contributed by atoms with van der Waals surface area (Å²) in [7, 11) is 0. The highest BCUT2D eigenvalue weighted by atomic mass is 16.3. The van der Waals surface area contributed by atoms with Gasteiger partial charge in [0.15, 0.2) is 0 Å². The Bertz CT molecular complexity index is 451. The smallest absolute Gasteiger partial charge is 0.0717 e. The Morgan fingerprint density at radius 1 is 1.30 bits per heavy atom. The van der Waals surface area contributed by atoms with Crippen LogP contribution in [0.3, 0.4) is 0 Å². The molecule has 1 saturated heterocycles. The van der Waals surface area contributed by atoms with Crippen LogP contribution in [0.15, 0.2) is 12.3 Å². The number of aryl methyl sites for hydroxylation is 1. The lowest BCUT2D eigenvalue weighted by molar-refractivity contribution is 0.220. The van der Waals surface area contributed by atoms with E-state index in [9.17, 15) is 5.11 Å². The third-order valence-electron chi connectivity index (χ3n) is 4.56. The number of pyridine rings is 1. The summed E-state index contributed by atoms with van der Waals surface area (Å²) >= 11 is 0. The molecule has 0 aromatic carbocycles. The Morgan fingerprint density at radius 2 is 2.05 bits per heavy atom. The number of anilines is 1. The van der Waals surface area contributed by atoms with Gasteiger partial charge in [-0.1, -0.05) is 20.8 Å². The van der Waals surface area contributed by atoms with Crippen LogP contribution in [0, 0.1) is 18.3 Å². The summed E-state index contributed by atoms with van der Waals surface area (Å²) in [6.45, 7) is 11.3. The maximum atomic E-state index is 9.52. The van der Waals surface area contributed by atoms with E-state index in [1.807, 2.05) is 13.1 Å². The van der Waals surface area contributed by atoms with E-state index in [1.165, 1.54) is 24.9 Å². The summed E-state index contributed by atoms with van der Waals surface area (Å²) in [5, 5.41) is 9.52. The normalized spacial score (nSPS) is 20.9. The van der Waals surface area contributed by atoms with Crippen molar-refractivity contribution in [3.63, 3.8) is 0 Å². The summed E-state index contributed by atoms with van der Waals surface area (Å²) in [6.07, 6.45) is 5.58. The van der Waals surface area contributed by atoms with Crippen molar-refractivity contribution in [3.05, 3.63) is 23.5 Å². The van der Waals surface area contributed by atoms with Crippen LogP contribution in [0.5, 0.6) is 0 Å². The largest absolute Gasteiger partial charge is 0.392 e. The number of rotatable bonds is 2. The monoisotopic (exact) mass is 276 g/mol. The molecule has 20 heavy (non-hydrogen) atoms. The Labute approximate surface area is 123 Å². The van der Waals surface area contributed by atoms with Gasteiger partial charge in [0.1, 0.15) is 0 Å². The molecule has 0 amide bonds. The van der Waals surface area contributed by atoms with Crippen LogP contribution < -0.4 is 4.90 Å². The van der Waals surface area contributed by atoms with Gasteiger partial charge in [0, 0.05) is 36.2 Å². The Morgan fingerprint density at radius 3 is 2.70 bits per heavy atom. The van der Waals surface area contributed by atoms with Gasteiger partial charge >= 0.3 is 0 Å². The molecular formula is C17H28N2O. The Balaban J connectivity index is 2.16. The fourth-order valence-corrected chi connectivity index (χ4v) is 3.19. The third-order valence-corrected chi connectivity index (χ3v) is 4.56. The van der Waals surface area contributed by atoms with Gasteiger partial charge in [-0.05, 0) is 43.6 Å². The van der Waals surface area contributed by atoms with Crippen LogP contribution >= 0.6 is 0 Å². The molecule has 0 aliphatic carbocycles. The van der Waals surface area contributed by atoms with E-state index in [1.54, 1.807) is 0 Å². The highest BCUT2D eigenvalue weighted by Crippen LogP contribution is 2.35. The van der Waals surface area contributed by atoms with Crippen LogP contribution in [-0.2, 0) is 6.61 Å². The van der Waals surface area contributed by atoms with Gasteiger partial charge in [-0.3, -0.25) is 4.98 Å². The fraction of sp³-hybridized carbons (Fsp3) is 0.706. The molecule has 2 heterocycles. The van der Waals surface area contributed by atoms with E-state index in [2.05, 4.69) is 36.7 Å². The zero-order valence-electron chi connectivity index (χ0n) is 13.3. The number of hydrogen-bond donors (Lipinski definition) is 1. The summed E-state index contributed by atoms with van der Waals surface area (Å²) in [6, 6.07) is 2.11. The zero-order chi connectivity index (χ0) is 14.8. The molecule has 2 rings (SSSR count). The van der Waals surface area contributed by atoms with Crippen molar-refractivity contribution in [1.82, 2.24) is 4.98 Å². The van der Waals surface area contributed by atoms with Gasteiger partial charge in [0.05, 0.1) is 6.61 Å². The minimum absolute atomic E-state index is 0.0712. The standard InChI is InChI=1S/C17H28N2O/c1-13-10-16(14(12-20)11-18-13)19-8-5-6-15(7-9-19)17(2,3)4/h10-11,15,20H,5-9,12H2,1-4H3. The zero-order valence-corrected chi connectivity index (χ0v) is 13.3. The van der Waals surface area contributed by atoms with Crippen LogP contribution in [0.25, 0.3) is 0 Å². The predicted molar refractivity (Wildman–Crippen MR) is 83.9 cm³/mol. The highest BCUT2D eigenvalue weighted by Gasteiger charge is 2.27. The maximum absolute atomic E-state index is 9.52. The van der Waals surface area contributed by atoms with Gasteiger partial charge in [-0.2, -0.15) is 0 Å². The van der Waals surface area contributed by atoms with Crippen molar-refractivity contribution in [1.29, 1.82) is 0 Å². The first-order chi connectivity index (χ1) is 9.41. The number of aliphatic hydroxyl groups excluding tert-OH is 1. The van der Waals surface area contributed by atoms with Crippen LogP contribution in [0.4, 0.5) is 5.69 Å². The molecule has 1 N–H and O–H groups in total. The van der Waals surface area contributed by atoms with Crippen molar-refractivity contribution in [2.75, 3.05) is 18.0 Å². The topological polar surface area (TPSA) is 36.4 Å². The minimum Gasteiger partial charge on any atom is -0.392 e. The molecule has 112 valence electrons. The lowest BCUT2D eigenvalue weighted by Gasteiger charge is -2.30. The molecule has 0 bridgehead atoms. The minimum atomic E-state index is 0.0712. The molecule has 1 aliphatic heterocycles. The van der Waals surface area contributed by atoms with E-state index in [0.29, 0.717) is 5.41 Å². The van der Waals surface area contributed by atoms with Crippen molar-refractivity contribution in [3.8, 4) is 0 Å². The molecule has 1 aromatic heterocycles. The summed E-state index contributed by atoms with van der Waals surface area (Å²) in [4.78, 5) is 6.73. The second-order valence-electron chi connectivity index (χ2n) is 7.09. The average Bonchev–Trinajstić information content (AvgIpc) is 2.63. The number of aliphatic hydroxyl groups is 1. The van der Waals surface area contributed by atoms with Crippen LogP contribution in [0.2, 0.25) is 0 Å². The molecule has 0 spiro atoms. The summed E-state index contributed by atoms with van der Waals surface area (Å²) < 4.78 is 0. The Hall–Kier alpha value is -1.09. The van der Waals surface area contributed by atoms with Crippen LogP contribution in [-0.4, -0.2) is 23.2 Å². The van der Waals surface area contributed by atoms with Crippen LogP contribution in [0.1, 0.15) is 51.3 Å². The Kier molecular flexibility index (Phi) is 4.69. The number of hydrogen-bond acceptors (Lipinski definition) is 3. The van der Waals surface area contributed by atoms with E-state index in [0.717, 1.165) is 30.3 Å². The highest BCUT2D eigenvalue weighted by molar-refractivity contribution is 5.53. The number of nitrogens with zero attached hydrogens (tertiary/aromatic N) is 2. The first kappa shape index (κ1) is 15.3. The SMILES string of the molecule is Cc1cc(N2CCCC(C(C)(C)C)CC2)c(CO)cn1. The first-order valence-corrected chi connectivity index (χ1v) is 7.73. The molecule has 3 heteroatoms. The molecule has 1 aliphatic rings. The predicted octanol–water partition coefficient (Wildman–Crippen LogP) is 3.53. The van der Waals surface area contributed by atoms with Gasteiger partial charge in [0.25, 0.3) is 0 Å². The third kappa shape index (κ3) is 3.51. The molecule has 1 atom stereocenters. The molecule has 1 fully saturated rings. The van der Waals surface area contributed by atoms with E-state index < -0.39 is 0 Å². The molecule has 1 aromatic rings. The van der Waals surface area contributed by atoms with Gasteiger partial charge in [-0.25, -0.2) is 0 Å². The molecule has 0 radical (unpaired) electrons. The second kappa shape index (κ2) is 6.13. The number of aromatic nitrogens is 1. The average molecular weight is 276 g/mol. The second-order valence-corrected chi connectivity index (χ2v) is 7.09. The maximum Gasteiger partial charge on any atom is 0.0717 e. The first-order valence-electron chi connectivity index (χ1n) is 7.73. The molecule has 0 saturated carbocycles. The van der Waals surface area contributed by atoms with Crippen molar-refractivity contribution in [2.24, 2.45) is 11.3 Å². The lowest BCUT2D eigenvalue weighted by atomic mass is 9.77. The summed E-state index contributed by atoms with van der Waals surface area (Å²) in [5.41, 5.74) is 3.54. The summed E-state index contributed by atoms with van der Waals surface area (Å²) in [5.74, 6) is 0.785. The van der Waals surface area contributed by atoms with Crippen molar-refractivity contribution < 1.29 is 5.11 Å². The van der Waals surface area contributed by atoms with Gasteiger partial charge in [-0.15, -0.1) is 0 Å². The van der Waals surface area contributed by atoms with Gasteiger partial charge < -0.3 is 10.0 Å². The van der Waals surface area contributed by atoms with E-state index >= 15 is 0 Å².